The molecule has 5 fully saturated rings. The van der Waals surface area contributed by atoms with Gasteiger partial charge in [0, 0.05) is 24.7 Å². The van der Waals surface area contributed by atoms with Crippen LogP contribution in [0.4, 0.5) is 0 Å². The number of ketones is 2. The molecular formula is C14H16O2. The number of carbonyl (C=O) groups is 2. The zero-order valence-corrected chi connectivity index (χ0v) is 9.26. The summed E-state index contributed by atoms with van der Waals surface area (Å²) in [6.45, 7) is 0. The van der Waals surface area contributed by atoms with Crippen LogP contribution in [0.25, 0.3) is 0 Å². The molecule has 5 saturated carbocycles. The molecule has 0 heterocycles. The number of hydrogen-bond donors (Lipinski definition) is 0. The second-order valence-corrected chi connectivity index (χ2v) is 6.86. The number of Topliss-reactive ketones (excluding diaryl/α,β-unsaturated/α-hetero) is 2. The fourth-order valence-electron chi connectivity index (χ4n) is 6.61. The van der Waals surface area contributed by atoms with Crippen LogP contribution >= 0.6 is 0 Å². The summed E-state index contributed by atoms with van der Waals surface area (Å²) in [6, 6.07) is 0. The van der Waals surface area contributed by atoms with Gasteiger partial charge < -0.3 is 0 Å². The molecule has 0 spiro atoms. The topological polar surface area (TPSA) is 34.1 Å². The summed E-state index contributed by atoms with van der Waals surface area (Å²) in [5, 5.41) is 0. The Morgan fingerprint density at radius 1 is 0.812 bits per heavy atom. The van der Waals surface area contributed by atoms with Gasteiger partial charge in [-0.25, -0.2) is 0 Å². The summed E-state index contributed by atoms with van der Waals surface area (Å²) in [5.74, 6) is 5.86. The zero-order chi connectivity index (χ0) is 10.6. The third-order valence-electron chi connectivity index (χ3n) is 6.66. The van der Waals surface area contributed by atoms with Crippen LogP contribution in [0.15, 0.2) is 0 Å². The van der Waals surface area contributed by atoms with Gasteiger partial charge in [0.1, 0.15) is 11.6 Å². The normalized spacial score (nSPS) is 64.8. The third-order valence-corrected chi connectivity index (χ3v) is 6.66. The van der Waals surface area contributed by atoms with Crippen molar-refractivity contribution in [2.24, 2.45) is 47.3 Å². The predicted octanol–water partition coefficient (Wildman–Crippen LogP) is 1.68. The third kappa shape index (κ3) is 0.663. The van der Waals surface area contributed by atoms with E-state index in [2.05, 4.69) is 0 Å². The van der Waals surface area contributed by atoms with Gasteiger partial charge in [0.2, 0.25) is 0 Å². The molecule has 0 saturated heterocycles. The molecule has 8 atom stereocenters. The molecular weight excluding hydrogens is 200 g/mol. The molecule has 16 heavy (non-hydrogen) atoms. The van der Waals surface area contributed by atoms with Crippen LogP contribution in [0, 0.1) is 47.3 Å². The highest BCUT2D eigenvalue weighted by molar-refractivity contribution is 5.90. The predicted molar refractivity (Wildman–Crippen MR) is 56.4 cm³/mol. The first-order valence-corrected chi connectivity index (χ1v) is 6.81. The Hall–Kier alpha value is -0.660. The molecule has 2 nitrogen and oxygen atoms in total. The van der Waals surface area contributed by atoms with Gasteiger partial charge in [-0.1, -0.05) is 0 Å². The van der Waals surface area contributed by atoms with E-state index < -0.39 is 0 Å². The SMILES string of the molecule is O=C1C[C@@H]2C[C@@H]3C[C@@H]4C(=O)C[C@@H]5[C@H]1[C@H]2[C@@H]3[C@@H]54. The zero-order valence-electron chi connectivity index (χ0n) is 9.26. The highest BCUT2D eigenvalue weighted by Gasteiger charge is 2.71. The standard InChI is InChI=1S/C14H16O2/c15-9-4-8-13-7(9)2-5-1-6-3-10(16)14(8)12(6)11(5)13/h5-8,11-14H,1-4H2/t5-,6+,7-,8+,11-,12-,13-,14-/m1/s1. The first kappa shape index (κ1) is 8.43. The van der Waals surface area contributed by atoms with E-state index >= 15 is 0 Å². The Labute approximate surface area is 94.8 Å². The number of rotatable bonds is 0. The smallest absolute Gasteiger partial charge is 0.136 e. The van der Waals surface area contributed by atoms with E-state index in [1.807, 2.05) is 0 Å². The minimum Gasteiger partial charge on any atom is -0.299 e. The Balaban J connectivity index is 1.71. The van der Waals surface area contributed by atoms with E-state index in [9.17, 15) is 9.59 Å². The van der Waals surface area contributed by atoms with E-state index in [4.69, 9.17) is 0 Å². The molecule has 0 unspecified atom stereocenters. The van der Waals surface area contributed by atoms with E-state index in [0.717, 1.165) is 24.7 Å². The maximum atomic E-state index is 12.1. The molecule has 0 aromatic rings. The van der Waals surface area contributed by atoms with Crippen molar-refractivity contribution in [3.8, 4) is 0 Å². The monoisotopic (exact) mass is 216 g/mol. The van der Waals surface area contributed by atoms with Crippen LogP contribution in [0.1, 0.15) is 25.7 Å². The highest BCUT2D eigenvalue weighted by atomic mass is 16.1. The van der Waals surface area contributed by atoms with Crippen molar-refractivity contribution in [2.45, 2.75) is 25.7 Å². The molecule has 0 aromatic heterocycles. The maximum Gasteiger partial charge on any atom is 0.136 e. The lowest BCUT2D eigenvalue weighted by molar-refractivity contribution is -0.122. The van der Waals surface area contributed by atoms with Gasteiger partial charge in [0.05, 0.1) is 0 Å². The minimum absolute atomic E-state index is 0.319. The van der Waals surface area contributed by atoms with Gasteiger partial charge in [-0.05, 0) is 48.3 Å². The minimum atomic E-state index is 0.319. The van der Waals surface area contributed by atoms with Gasteiger partial charge in [-0.2, -0.15) is 0 Å². The van der Waals surface area contributed by atoms with Gasteiger partial charge in [-0.3, -0.25) is 9.59 Å². The van der Waals surface area contributed by atoms with Gasteiger partial charge in [0.15, 0.2) is 0 Å². The van der Waals surface area contributed by atoms with Crippen LogP contribution in [0.2, 0.25) is 0 Å². The molecule has 84 valence electrons. The summed E-state index contributed by atoms with van der Waals surface area (Å²) in [7, 11) is 0. The van der Waals surface area contributed by atoms with Gasteiger partial charge in [-0.15, -0.1) is 0 Å². The Morgan fingerprint density at radius 2 is 1.69 bits per heavy atom. The van der Waals surface area contributed by atoms with Crippen molar-refractivity contribution >= 4 is 11.6 Å². The maximum absolute atomic E-state index is 12.1. The lowest BCUT2D eigenvalue weighted by Gasteiger charge is -2.15. The van der Waals surface area contributed by atoms with Crippen LogP contribution in [0.3, 0.4) is 0 Å². The van der Waals surface area contributed by atoms with Crippen LogP contribution in [-0.4, -0.2) is 11.6 Å². The summed E-state index contributed by atoms with van der Waals surface area (Å²) in [5.41, 5.74) is 0. The first-order chi connectivity index (χ1) is 7.75. The van der Waals surface area contributed by atoms with Crippen LogP contribution in [0.5, 0.6) is 0 Å². The summed E-state index contributed by atoms with van der Waals surface area (Å²) in [4.78, 5) is 24.1. The summed E-state index contributed by atoms with van der Waals surface area (Å²) in [6.07, 6.45) is 4.05. The van der Waals surface area contributed by atoms with Crippen molar-refractivity contribution in [3.63, 3.8) is 0 Å². The fourth-order valence-corrected chi connectivity index (χ4v) is 6.61. The quantitative estimate of drug-likeness (QED) is 0.617. The summed E-state index contributed by atoms with van der Waals surface area (Å²) < 4.78 is 0. The van der Waals surface area contributed by atoms with E-state index in [1.165, 1.54) is 12.8 Å². The second-order valence-electron chi connectivity index (χ2n) is 6.86. The number of fused-ring (bicyclic) bond motifs is 1. The van der Waals surface area contributed by atoms with E-state index in [0.29, 0.717) is 47.1 Å². The Bertz CT molecular complexity index is 426. The molecule has 0 aromatic carbocycles. The molecule has 0 radical (unpaired) electrons. The number of carbonyl (C=O) groups excluding carboxylic acids is 2. The average Bonchev–Trinajstić information content (AvgIpc) is 2.89. The van der Waals surface area contributed by atoms with E-state index in [1.54, 1.807) is 0 Å². The lowest BCUT2D eigenvalue weighted by Crippen LogP contribution is -2.18. The molecule has 0 bridgehead atoms. The fraction of sp³-hybridized carbons (Fsp3) is 0.857. The number of hydrogen-bond acceptors (Lipinski definition) is 2. The molecule has 5 aliphatic rings. The molecule has 0 aliphatic heterocycles. The van der Waals surface area contributed by atoms with Gasteiger partial charge in [0.25, 0.3) is 0 Å². The van der Waals surface area contributed by atoms with E-state index in [-0.39, 0.29) is 0 Å². The van der Waals surface area contributed by atoms with Crippen LogP contribution < -0.4 is 0 Å². The molecule has 5 aliphatic carbocycles. The van der Waals surface area contributed by atoms with Crippen molar-refractivity contribution in [1.29, 1.82) is 0 Å². The largest absolute Gasteiger partial charge is 0.299 e. The molecule has 2 heteroatoms. The highest BCUT2D eigenvalue weighted by Crippen LogP contribution is 2.72. The Kier molecular flexibility index (Phi) is 1.21. The molecule has 0 N–H and O–H groups in total. The van der Waals surface area contributed by atoms with Crippen LogP contribution in [-0.2, 0) is 9.59 Å². The Morgan fingerprint density at radius 3 is 2.56 bits per heavy atom. The van der Waals surface area contributed by atoms with Crippen molar-refractivity contribution < 1.29 is 9.59 Å². The first-order valence-electron chi connectivity index (χ1n) is 6.81. The second kappa shape index (κ2) is 2.30. The lowest BCUT2D eigenvalue weighted by atomic mass is 9.87. The summed E-state index contributed by atoms with van der Waals surface area (Å²) >= 11 is 0. The van der Waals surface area contributed by atoms with Crippen molar-refractivity contribution in [2.75, 3.05) is 0 Å². The van der Waals surface area contributed by atoms with Crippen molar-refractivity contribution in [3.05, 3.63) is 0 Å². The molecule has 5 rings (SSSR count). The molecule has 0 amide bonds. The average molecular weight is 216 g/mol. The van der Waals surface area contributed by atoms with Crippen molar-refractivity contribution in [1.82, 2.24) is 0 Å². The van der Waals surface area contributed by atoms with Gasteiger partial charge >= 0.3 is 0 Å².